The lowest BCUT2D eigenvalue weighted by atomic mass is 10.0. The first kappa shape index (κ1) is 28.9. The molecule has 4 rings (SSSR count). The number of carbonyl (C=O) groups excluding carboxylic acids is 1. The molecule has 0 saturated carbocycles. The minimum Gasteiger partial charge on any atom is -0.457 e. The fourth-order valence-electron chi connectivity index (χ4n) is 4.56. The van der Waals surface area contributed by atoms with Gasteiger partial charge in [-0.25, -0.2) is 4.99 Å². The number of amides is 1. The van der Waals surface area contributed by atoms with Gasteiger partial charge in [0, 0.05) is 30.2 Å². The van der Waals surface area contributed by atoms with Gasteiger partial charge in [-0.3, -0.25) is 10.1 Å². The van der Waals surface area contributed by atoms with Crippen LogP contribution in [-0.4, -0.2) is 49.0 Å². The highest BCUT2D eigenvalue weighted by molar-refractivity contribution is 6.30. The molecule has 0 bridgehead atoms. The number of nitriles is 1. The first-order valence-corrected chi connectivity index (χ1v) is 14.0. The summed E-state index contributed by atoms with van der Waals surface area (Å²) in [5.41, 5.74) is 1.86. The number of hydrogen-bond donors (Lipinski definition) is 3. The van der Waals surface area contributed by atoms with Crippen molar-refractivity contribution in [3.63, 3.8) is 0 Å². The van der Waals surface area contributed by atoms with E-state index in [1.165, 1.54) is 12.8 Å². The van der Waals surface area contributed by atoms with Gasteiger partial charge in [-0.1, -0.05) is 41.9 Å². The van der Waals surface area contributed by atoms with Crippen LogP contribution in [-0.2, 0) is 11.2 Å². The van der Waals surface area contributed by atoms with Crippen molar-refractivity contribution in [1.29, 1.82) is 5.26 Å². The molecule has 1 atom stereocenters. The molecule has 8 nitrogen and oxygen atoms in total. The van der Waals surface area contributed by atoms with E-state index in [0.717, 1.165) is 30.9 Å². The predicted molar refractivity (Wildman–Crippen MR) is 160 cm³/mol. The monoisotopic (exact) mass is 558 g/mol. The molecule has 0 aromatic heterocycles. The number of nitrogens with one attached hydrogen (secondary N) is 3. The van der Waals surface area contributed by atoms with Crippen LogP contribution in [0.5, 0.6) is 11.5 Å². The summed E-state index contributed by atoms with van der Waals surface area (Å²) < 4.78 is 5.86. The summed E-state index contributed by atoms with van der Waals surface area (Å²) in [7, 11) is 0. The lowest BCUT2D eigenvalue weighted by Crippen LogP contribution is -2.34. The molecule has 0 spiro atoms. The van der Waals surface area contributed by atoms with Crippen molar-refractivity contribution in [2.24, 2.45) is 4.99 Å². The van der Waals surface area contributed by atoms with Gasteiger partial charge >= 0.3 is 0 Å². The van der Waals surface area contributed by atoms with Crippen molar-refractivity contribution in [2.75, 3.05) is 31.5 Å². The van der Waals surface area contributed by atoms with Crippen molar-refractivity contribution in [2.45, 2.75) is 38.1 Å². The summed E-state index contributed by atoms with van der Waals surface area (Å²) in [4.78, 5) is 19.8. The third kappa shape index (κ3) is 9.92. The number of anilines is 1. The molecule has 0 radical (unpaired) electrons. The minimum absolute atomic E-state index is 0.0199. The standard InChI is InChI=1S/C31H35ClN6O2/c32-25-8-13-28(14-9-25)40-29-15-10-26(11-16-29)36-31(35-23-33)37-27(22-24-6-2-1-3-7-24)12-17-30(39)34-18-21-38-19-4-5-20-38/h1-3,6-11,13-16,27H,4-5,12,17-22H2,(H,34,39)(H2,35,36,37)/t27-/m1/s1. The van der Waals surface area contributed by atoms with Crippen LogP contribution < -0.4 is 20.7 Å². The number of benzene rings is 3. The molecule has 3 aromatic rings. The summed E-state index contributed by atoms with van der Waals surface area (Å²) in [5, 5.41) is 18.9. The summed E-state index contributed by atoms with van der Waals surface area (Å²) in [5.74, 6) is 1.69. The average molecular weight is 559 g/mol. The third-order valence-corrected chi connectivity index (χ3v) is 6.87. The van der Waals surface area contributed by atoms with Gasteiger partial charge in [0.2, 0.25) is 11.9 Å². The zero-order chi connectivity index (χ0) is 28.0. The molecular weight excluding hydrogens is 524 g/mol. The second kappa shape index (κ2) is 15.5. The van der Waals surface area contributed by atoms with Crippen LogP contribution in [0.25, 0.3) is 0 Å². The molecule has 1 amide bonds. The van der Waals surface area contributed by atoms with Crippen LogP contribution in [0.4, 0.5) is 5.69 Å². The maximum absolute atomic E-state index is 12.6. The van der Waals surface area contributed by atoms with Crippen LogP contribution in [0.1, 0.15) is 31.2 Å². The number of guanidine groups is 1. The van der Waals surface area contributed by atoms with E-state index in [1.54, 1.807) is 24.3 Å². The largest absolute Gasteiger partial charge is 0.457 e. The quantitative estimate of drug-likeness (QED) is 0.116. The van der Waals surface area contributed by atoms with Gasteiger partial charge in [0.05, 0.1) is 6.04 Å². The van der Waals surface area contributed by atoms with Gasteiger partial charge in [-0.05, 0) is 92.9 Å². The fourth-order valence-corrected chi connectivity index (χ4v) is 4.68. The van der Waals surface area contributed by atoms with Crippen LogP contribution in [0, 0.1) is 11.5 Å². The number of carbonyl (C=O) groups is 1. The lowest BCUT2D eigenvalue weighted by Gasteiger charge is -2.17. The molecule has 1 heterocycles. The number of ether oxygens (including phenoxy) is 1. The maximum Gasteiger partial charge on any atom is 0.220 e. The Hall–Kier alpha value is -4.06. The van der Waals surface area contributed by atoms with Crippen molar-refractivity contribution in [1.82, 2.24) is 15.5 Å². The van der Waals surface area contributed by atoms with Crippen LogP contribution in [0.3, 0.4) is 0 Å². The highest BCUT2D eigenvalue weighted by Gasteiger charge is 2.15. The maximum atomic E-state index is 12.6. The van der Waals surface area contributed by atoms with Crippen LogP contribution in [0.2, 0.25) is 5.02 Å². The summed E-state index contributed by atoms with van der Waals surface area (Å²) in [6, 6.07) is 24.3. The Morgan fingerprint density at radius 1 is 1.00 bits per heavy atom. The van der Waals surface area contributed by atoms with E-state index in [0.29, 0.717) is 48.3 Å². The van der Waals surface area contributed by atoms with Crippen LogP contribution in [0.15, 0.2) is 83.9 Å². The SMILES string of the molecule is N#CNC(=N[C@H](CCC(=O)NCCN1CCCC1)Cc1ccccc1)Nc1ccc(Oc2ccc(Cl)cc2)cc1. The van der Waals surface area contributed by atoms with E-state index in [2.05, 4.69) is 20.9 Å². The molecule has 0 aliphatic carbocycles. The molecular formula is C31H35ClN6O2. The van der Waals surface area contributed by atoms with E-state index in [-0.39, 0.29) is 11.9 Å². The van der Waals surface area contributed by atoms with E-state index in [4.69, 9.17) is 21.3 Å². The Bertz CT molecular complexity index is 1270. The number of hydrogen-bond acceptors (Lipinski definition) is 5. The topological polar surface area (TPSA) is 102 Å². The molecule has 9 heteroatoms. The van der Waals surface area contributed by atoms with Crippen molar-refractivity contribution in [3.05, 3.63) is 89.4 Å². The minimum atomic E-state index is -0.206. The van der Waals surface area contributed by atoms with Crippen molar-refractivity contribution in [3.8, 4) is 17.7 Å². The fraction of sp³-hybridized carbons (Fsp3) is 0.323. The first-order valence-electron chi connectivity index (χ1n) is 13.6. The molecule has 40 heavy (non-hydrogen) atoms. The second-order valence-electron chi connectivity index (χ2n) is 9.70. The van der Waals surface area contributed by atoms with Gasteiger partial charge in [0.25, 0.3) is 0 Å². The van der Waals surface area contributed by atoms with E-state index in [1.807, 2.05) is 60.8 Å². The van der Waals surface area contributed by atoms with Gasteiger partial charge in [0.15, 0.2) is 6.19 Å². The Morgan fingerprint density at radius 3 is 2.35 bits per heavy atom. The predicted octanol–water partition coefficient (Wildman–Crippen LogP) is 5.57. The number of halogens is 1. The smallest absolute Gasteiger partial charge is 0.220 e. The molecule has 3 aromatic carbocycles. The molecule has 3 N–H and O–H groups in total. The average Bonchev–Trinajstić information content (AvgIpc) is 3.48. The van der Waals surface area contributed by atoms with Crippen molar-refractivity contribution < 1.29 is 9.53 Å². The third-order valence-electron chi connectivity index (χ3n) is 6.62. The van der Waals surface area contributed by atoms with E-state index in [9.17, 15) is 10.1 Å². The molecule has 208 valence electrons. The number of nitrogens with zero attached hydrogens (tertiary/aromatic N) is 3. The second-order valence-corrected chi connectivity index (χ2v) is 10.1. The van der Waals surface area contributed by atoms with Crippen LogP contribution >= 0.6 is 11.6 Å². The molecule has 1 aliphatic rings. The van der Waals surface area contributed by atoms with Gasteiger partial charge in [-0.2, -0.15) is 5.26 Å². The Kier molecular flexibility index (Phi) is 11.2. The van der Waals surface area contributed by atoms with Crippen molar-refractivity contribution >= 4 is 29.2 Å². The first-order chi connectivity index (χ1) is 19.6. The van der Waals surface area contributed by atoms with Gasteiger partial charge in [-0.15, -0.1) is 0 Å². The summed E-state index contributed by atoms with van der Waals surface area (Å²) in [6.07, 6.45) is 6.00. The molecule has 1 aliphatic heterocycles. The Balaban J connectivity index is 1.38. The molecule has 0 unspecified atom stereocenters. The van der Waals surface area contributed by atoms with Gasteiger partial charge < -0.3 is 20.3 Å². The molecule has 1 fully saturated rings. The Labute approximate surface area is 241 Å². The number of aliphatic imine (C=N–C) groups is 1. The Morgan fingerprint density at radius 2 is 1.68 bits per heavy atom. The van der Waals surface area contributed by atoms with E-state index < -0.39 is 0 Å². The zero-order valence-corrected chi connectivity index (χ0v) is 23.2. The normalized spacial score (nSPS) is 14.2. The summed E-state index contributed by atoms with van der Waals surface area (Å²) >= 11 is 5.94. The highest BCUT2D eigenvalue weighted by atomic mass is 35.5. The van der Waals surface area contributed by atoms with E-state index >= 15 is 0 Å². The lowest BCUT2D eigenvalue weighted by molar-refractivity contribution is -0.121. The molecule has 1 saturated heterocycles. The van der Waals surface area contributed by atoms with Gasteiger partial charge in [0.1, 0.15) is 11.5 Å². The highest BCUT2D eigenvalue weighted by Crippen LogP contribution is 2.24. The number of likely N-dealkylation sites (tertiary alicyclic amines) is 1. The zero-order valence-electron chi connectivity index (χ0n) is 22.5. The summed E-state index contributed by atoms with van der Waals surface area (Å²) in [6.45, 7) is 3.78. The number of rotatable bonds is 12.